The molecule has 0 radical (unpaired) electrons. The van der Waals surface area contributed by atoms with Crippen LogP contribution < -0.4 is 15.5 Å². The largest absolute Gasteiger partial charge is 0.376 e. The van der Waals surface area contributed by atoms with E-state index in [1.807, 2.05) is 28.0 Å². The first-order valence-corrected chi connectivity index (χ1v) is 7.94. The second-order valence-corrected chi connectivity index (χ2v) is 6.25. The highest BCUT2D eigenvalue weighted by atomic mass is 16.5. The average Bonchev–Trinajstić information content (AvgIpc) is 3.04. The van der Waals surface area contributed by atoms with Crippen LogP contribution >= 0.6 is 0 Å². The van der Waals surface area contributed by atoms with Crippen LogP contribution in [0.25, 0.3) is 0 Å². The van der Waals surface area contributed by atoms with E-state index in [0.717, 1.165) is 36.4 Å². The summed E-state index contributed by atoms with van der Waals surface area (Å²) < 4.78 is 5.68. The maximum atomic E-state index is 12.6. The van der Waals surface area contributed by atoms with Crippen LogP contribution in [0, 0.1) is 0 Å². The van der Waals surface area contributed by atoms with Gasteiger partial charge >= 0.3 is 0 Å². The second kappa shape index (κ2) is 5.38. The molecule has 0 spiro atoms. The number of nitrogens with two attached hydrogens (primary N) is 1. The minimum atomic E-state index is -0.435. The number of carbonyl (C=O) groups is 2. The van der Waals surface area contributed by atoms with Gasteiger partial charge in [0.1, 0.15) is 6.54 Å². The van der Waals surface area contributed by atoms with Gasteiger partial charge in [-0.15, -0.1) is 0 Å². The van der Waals surface area contributed by atoms with Crippen molar-refractivity contribution in [1.82, 2.24) is 0 Å². The molecule has 3 heterocycles. The topological polar surface area (TPSA) is 75.9 Å². The number of nitrogens with zero attached hydrogens (tertiary/aromatic N) is 2. The highest BCUT2D eigenvalue weighted by Crippen LogP contribution is 2.41. The number of hydrogen-bond acceptors (Lipinski definition) is 4. The molecule has 120 valence electrons. The fourth-order valence-electron chi connectivity index (χ4n) is 3.61. The number of carbonyl (C=O) groups excluding carboxylic acids is 2. The first-order chi connectivity index (χ1) is 11.1. The van der Waals surface area contributed by atoms with E-state index in [4.69, 9.17) is 10.5 Å². The highest BCUT2D eigenvalue weighted by Gasteiger charge is 2.35. The monoisotopic (exact) mass is 313 g/mol. The van der Waals surface area contributed by atoms with Crippen molar-refractivity contribution in [3.8, 4) is 0 Å². The molecule has 6 heteroatoms. The number of primary amides is 1. The van der Waals surface area contributed by atoms with Crippen molar-refractivity contribution in [2.45, 2.75) is 25.4 Å². The third kappa shape index (κ3) is 2.39. The Bertz CT molecular complexity index is 707. The SMILES string of the molecule is NC(=O)C1=CN2CC(=O)N(CC3CCCO3)c3cccc(c32)C1. The summed E-state index contributed by atoms with van der Waals surface area (Å²) in [7, 11) is 0. The Kier molecular flexibility index (Phi) is 3.34. The molecule has 3 aliphatic rings. The van der Waals surface area contributed by atoms with Crippen molar-refractivity contribution in [1.29, 1.82) is 0 Å². The number of rotatable bonds is 3. The van der Waals surface area contributed by atoms with E-state index in [2.05, 4.69) is 0 Å². The van der Waals surface area contributed by atoms with E-state index in [0.29, 0.717) is 18.5 Å². The zero-order valence-corrected chi connectivity index (χ0v) is 12.8. The maximum Gasteiger partial charge on any atom is 0.247 e. The molecule has 4 rings (SSSR count). The number of hydrogen-bond donors (Lipinski definition) is 1. The number of ether oxygens (including phenoxy) is 1. The predicted molar refractivity (Wildman–Crippen MR) is 86.1 cm³/mol. The van der Waals surface area contributed by atoms with Gasteiger partial charge in [0, 0.05) is 24.8 Å². The minimum absolute atomic E-state index is 0.0205. The van der Waals surface area contributed by atoms with Crippen LogP contribution in [-0.4, -0.2) is 37.6 Å². The van der Waals surface area contributed by atoms with Crippen LogP contribution in [0.5, 0.6) is 0 Å². The first kappa shape index (κ1) is 14.3. The number of benzene rings is 1. The molecule has 0 saturated carbocycles. The molecular weight excluding hydrogens is 294 g/mol. The van der Waals surface area contributed by atoms with Gasteiger partial charge in [0.25, 0.3) is 0 Å². The standard InChI is InChI=1S/C17H19N3O3/c18-17(22)12-7-11-3-1-5-14-16(11)19(8-12)10-15(21)20(14)9-13-4-2-6-23-13/h1,3,5,8,13H,2,4,6-7,9-10H2,(H2,18,22). The molecule has 1 atom stereocenters. The lowest BCUT2D eigenvalue weighted by Crippen LogP contribution is -2.48. The summed E-state index contributed by atoms with van der Waals surface area (Å²) in [5.74, 6) is -0.414. The molecule has 1 unspecified atom stereocenters. The van der Waals surface area contributed by atoms with Gasteiger partial charge in [-0.05, 0) is 24.5 Å². The Labute approximate surface area is 134 Å². The van der Waals surface area contributed by atoms with Crippen molar-refractivity contribution in [2.75, 3.05) is 29.5 Å². The molecule has 23 heavy (non-hydrogen) atoms. The lowest BCUT2D eigenvalue weighted by molar-refractivity contribution is -0.118. The van der Waals surface area contributed by atoms with E-state index < -0.39 is 5.91 Å². The summed E-state index contributed by atoms with van der Waals surface area (Å²) >= 11 is 0. The van der Waals surface area contributed by atoms with Crippen molar-refractivity contribution >= 4 is 23.2 Å². The van der Waals surface area contributed by atoms with Crippen LogP contribution in [0.1, 0.15) is 18.4 Å². The molecule has 1 aromatic rings. The Morgan fingerprint density at radius 3 is 3.00 bits per heavy atom. The smallest absolute Gasteiger partial charge is 0.247 e. The number of para-hydroxylation sites is 1. The molecule has 0 aliphatic carbocycles. The van der Waals surface area contributed by atoms with Crippen LogP contribution in [0.15, 0.2) is 30.0 Å². The first-order valence-electron chi connectivity index (χ1n) is 7.94. The summed E-state index contributed by atoms with van der Waals surface area (Å²) in [5, 5.41) is 0. The van der Waals surface area contributed by atoms with Gasteiger partial charge in [0.2, 0.25) is 11.8 Å². The van der Waals surface area contributed by atoms with Crippen LogP contribution in [0.3, 0.4) is 0 Å². The molecule has 1 saturated heterocycles. The molecular formula is C17H19N3O3. The molecule has 2 amide bonds. The predicted octanol–water partition coefficient (Wildman–Crippen LogP) is 0.944. The van der Waals surface area contributed by atoms with Crippen LogP contribution in [-0.2, 0) is 20.7 Å². The number of amides is 2. The summed E-state index contributed by atoms with van der Waals surface area (Å²) in [6, 6.07) is 5.88. The van der Waals surface area contributed by atoms with E-state index in [-0.39, 0.29) is 18.6 Å². The summed E-state index contributed by atoms with van der Waals surface area (Å²) in [6.07, 6.45) is 4.39. The van der Waals surface area contributed by atoms with Gasteiger partial charge in [-0.3, -0.25) is 9.59 Å². The van der Waals surface area contributed by atoms with Gasteiger partial charge in [-0.2, -0.15) is 0 Å². The van der Waals surface area contributed by atoms with Crippen molar-refractivity contribution in [3.63, 3.8) is 0 Å². The third-order valence-electron chi connectivity index (χ3n) is 4.70. The average molecular weight is 313 g/mol. The van der Waals surface area contributed by atoms with Crippen molar-refractivity contribution in [3.05, 3.63) is 35.5 Å². The number of anilines is 2. The van der Waals surface area contributed by atoms with E-state index >= 15 is 0 Å². The van der Waals surface area contributed by atoms with Crippen molar-refractivity contribution < 1.29 is 14.3 Å². The van der Waals surface area contributed by atoms with Crippen LogP contribution in [0.2, 0.25) is 0 Å². The minimum Gasteiger partial charge on any atom is -0.376 e. The van der Waals surface area contributed by atoms with Gasteiger partial charge in [-0.1, -0.05) is 12.1 Å². The summed E-state index contributed by atoms with van der Waals surface area (Å²) in [4.78, 5) is 27.8. The molecule has 3 aliphatic heterocycles. The van der Waals surface area contributed by atoms with Gasteiger partial charge in [0.05, 0.1) is 24.0 Å². The van der Waals surface area contributed by atoms with E-state index in [9.17, 15) is 9.59 Å². The van der Waals surface area contributed by atoms with Gasteiger partial charge in [-0.25, -0.2) is 0 Å². The lowest BCUT2D eigenvalue weighted by atomic mass is 9.96. The molecule has 2 N–H and O–H groups in total. The zero-order valence-electron chi connectivity index (χ0n) is 12.8. The van der Waals surface area contributed by atoms with Crippen LogP contribution in [0.4, 0.5) is 11.4 Å². The Hall–Kier alpha value is -2.34. The second-order valence-electron chi connectivity index (χ2n) is 6.25. The Morgan fingerprint density at radius 2 is 2.26 bits per heavy atom. The summed E-state index contributed by atoms with van der Waals surface area (Å²) in [6.45, 7) is 1.60. The van der Waals surface area contributed by atoms with Gasteiger partial charge < -0.3 is 20.3 Å². The van der Waals surface area contributed by atoms with E-state index in [1.54, 1.807) is 6.20 Å². The maximum absolute atomic E-state index is 12.6. The fourth-order valence-corrected chi connectivity index (χ4v) is 3.61. The van der Waals surface area contributed by atoms with Crippen molar-refractivity contribution in [2.24, 2.45) is 5.73 Å². The van der Waals surface area contributed by atoms with Gasteiger partial charge in [0.15, 0.2) is 0 Å². The molecule has 0 aromatic heterocycles. The Morgan fingerprint density at radius 1 is 1.39 bits per heavy atom. The molecule has 1 fully saturated rings. The van der Waals surface area contributed by atoms with E-state index in [1.165, 1.54) is 0 Å². The quantitative estimate of drug-likeness (QED) is 0.901. The molecule has 6 nitrogen and oxygen atoms in total. The molecule has 1 aromatic carbocycles. The summed E-state index contributed by atoms with van der Waals surface area (Å²) in [5.41, 5.74) is 8.90. The zero-order chi connectivity index (χ0) is 16.0. The highest BCUT2D eigenvalue weighted by molar-refractivity contribution is 6.06. The Balaban J connectivity index is 1.72. The normalized spacial score (nSPS) is 22.9. The molecule has 0 bridgehead atoms. The fraction of sp³-hybridized carbons (Fsp3) is 0.412. The third-order valence-corrected chi connectivity index (χ3v) is 4.70. The lowest BCUT2D eigenvalue weighted by Gasteiger charge is -2.39.